The third kappa shape index (κ3) is 1.92. The van der Waals surface area contributed by atoms with Gasteiger partial charge in [0.15, 0.2) is 0 Å². The van der Waals surface area contributed by atoms with Gasteiger partial charge < -0.3 is 4.74 Å². The van der Waals surface area contributed by atoms with Gasteiger partial charge >= 0.3 is 0 Å². The van der Waals surface area contributed by atoms with Crippen LogP contribution in [-0.2, 0) is 10.2 Å². The molecular weight excluding hydrogens is 254 g/mol. The van der Waals surface area contributed by atoms with Gasteiger partial charge in [-0.25, -0.2) is 0 Å². The SMILES string of the molecule is N#CC1(c2ccccc2Br)CCOCC1. The topological polar surface area (TPSA) is 33.0 Å². The molecule has 2 rings (SSSR count). The maximum atomic E-state index is 9.39. The van der Waals surface area contributed by atoms with Gasteiger partial charge in [0.25, 0.3) is 0 Å². The van der Waals surface area contributed by atoms with Crippen molar-refractivity contribution >= 4 is 15.9 Å². The highest BCUT2D eigenvalue weighted by atomic mass is 79.9. The summed E-state index contributed by atoms with van der Waals surface area (Å²) >= 11 is 3.52. The maximum absolute atomic E-state index is 9.39. The molecular formula is C12H12BrNO. The van der Waals surface area contributed by atoms with Crippen LogP contribution >= 0.6 is 15.9 Å². The summed E-state index contributed by atoms with van der Waals surface area (Å²) < 4.78 is 6.34. The van der Waals surface area contributed by atoms with E-state index in [1.54, 1.807) is 0 Å². The van der Waals surface area contributed by atoms with Crippen molar-refractivity contribution in [2.45, 2.75) is 18.3 Å². The second kappa shape index (κ2) is 4.34. The van der Waals surface area contributed by atoms with Crippen molar-refractivity contribution in [3.05, 3.63) is 34.3 Å². The molecule has 0 bridgehead atoms. The zero-order valence-corrected chi connectivity index (χ0v) is 9.96. The fraction of sp³-hybridized carbons (Fsp3) is 0.417. The van der Waals surface area contributed by atoms with Crippen LogP contribution in [0.25, 0.3) is 0 Å². The Labute approximate surface area is 98.0 Å². The van der Waals surface area contributed by atoms with Gasteiger partial charge in [-0.3, -0.25) is 0 Å². The largest absolute Gasteiger partial charge is 0.381 e. The van der Waals surface area contributed by atoms with E-state index in [9.17, 15) is 5.26 Å². The zero-order chi connectivity index (χ0) is 10.7. The van der Waals surface area contributed by atoms with E-state index in [-0.39, 0.29) is 5.41 Å². The van der Waals surface area contributed by atoms with E-state index in [0.717, 1.165) is 22.9 Å². The number of nitriles is 1. The van der Waals surface area contributed by atoms with Gasteiger partial charge in [-0.05, 0) is 24.5 Å². The van der Waals surface area contributed by atoms with Crippen LogP contribution in [0.3, 0.4) is 0 Å². The molecule has 0 atom stereocenters. The Hall–Kier alpha value is -0.850. The number of ether oxygens (including phenoxy) is 1. The Kier molecular flexibility index (Phi) is 3.08. The first-order valence-corrected chi connectivity index (χ1v) is 5.82. The van der Waals surface area contributed by atoms with Crippen molar-refractivity contribution < 1.29 is 4.74 Å². The summed E-state index contributed by atoms with van der Waals surface area (Å²) in [6.07, 6.45) is 1.57. The summed E-state index contributed by atoms with van der Waals surface area (Å²) in [4.78, 5) is 0. The highest BCUT2D eigenvalue weighted by Crippen LogP contribution is 2.37. The van der Waals surface area contributed by atoms with Crippen molar-refractivity contribution in [1.82, 2.24) is 0 Å². The summed E-state index contributed by atoms with van der Waals surface area (Å²) in [5.74, 6) is 0. The molecule has 0 spiro atoms. The molecule has 1 aromatic carbocycles. The summed E-state index contributed by atoms with van der Waals surface area (Å²) in [5.41, 5.74) is 0.731. The minimum atomic E-state index is -0.363. The van der Waals surface area contributed by atoms with E-state index in [0.29, 0.717) is 13.2 Å². The molecule has 2 nitrogen and oxygen atoms in total. The molecule has 1 aliphatic heterocycles. The third-order valence-corrected chi connectivity index (χ3v) is 3.64. The van der Waals surface area contributed by atoms with Crippen LogP contribution in [0.4, 0.5) is 0 Å². The van der Waals surface area contributed by atoms with Gasteiger partial charge in [-0.15, -0.1) is 0 Å². The standard InChI is InChI=1S/C12H12BrNO/c13-11-4-2-1-3-10(11)12(9-14)5-7-15-8-6-12/h1-4H,5-8H2. The van der Waals surface area contributed by atoms with Gasteiger partial charge in [0, 0.05) is 17.7 Å². The normalized spacial score (nSPS) is 19.5. The molecule has 1 aliphatic rings. The molecule has 1 fully saturated rings. The molecule has 1 aromatic rings. The quantitative estimate of drug-likeness (QED) is 0.782. The van der Waals surface area contributed by atoms with Crippen molar-refractivity contribution in [1.29, 1.82) is 5.26 Å². The number of rotatable bonds is 1. The van der Waals surface area contributed by atoms with E-state index in [2.05, 4.69) is 22.0 Å². The highest BCUT2D eigenvalue weighted by Gasteiger charge is 2.35. The molecule has 3 heteroatoms. The van der Waals surface area contributed by atoms with Crippen LogP contribution in [0.1, 0.15) is 18.4 Å². The van der Waals surface area contributed by atoms with E-state index in [1.165, 1.54) is 0 Å². The van der Waals surface area contributed by atoms with Crippen molar-refractivity contribution in [3.8, 4) is 6.07 Å². The van der Waals surface area contributed by atoms with Crippen LogP contribution in [-0.4, -0.2) is 13.2 Å². The molecule has 1 heterocycles. The molecule has 0 aromatic heterocycles. The predicted octanol–water partition coefficient (Wildman–Crippen LogP) is 3.02. The lowest BCUT2D eigenvalue weighted by molar-refractivity contribution is 0.0673. The fourth-order valence-corrected chi connectivity index (χ4v) is 2.67. The first kappa shape index (κ1) is 10.7. The smallest absolute Gasteiger partial charge is 0.0876 e. The number of hydrogen-bond donors (Lipinski definition) is 0. The van der Waals surface area contributed by atoms with E-state index < -0.39 is 0 Å². The average molecular weight is 266 g/mol. The minimum Gasteiger partial charge on any atom is -0.381 e. The van der Waals surface area contributed by atoms with Crippen LogP contribution in [0.5, 0.6) is 0 Å². The van der Waals surface area contributed by atoms with Crippen molar-refractivity contribution in [2.24, 2.45) is 0 Å². The second-order valence-corrected chi connectivity index (χ2v) is 4.64. The number of nitrogens with zero attached hydrogens (tertiary/aromatic N) is 1. The van der Waals surface area contributed by atoms with Crippen LogP contribution in [0.2, 0.25) is 0 Å². The Morgan fingerprint density at radius 3 is 2.53 bits per heavy atom. The second-order valence-electron chi connectivity index (χ2n) is 3.79. The molecule has 0 unspecified atom stereocenters. The highest BCUT2D eigenvalue weighted by molar-refractivity contribution is 9.10. The molecule has 78 valence electrons. The molecule has 15 heavy (non-hydrogen) atoms. The van der Waals surface area contributed by atoms with E-state index in [4.69, 9.17) is 4.74 Å². The summed E-state index contributed by atoms with van der Waals surface area (Å²) in [6.45, 7) is 1.35. The number of hydrogen-bond acceptors (Lipinski definition) is 2. The van der Waals surface area contributed by atoms with Crippen LogP contribution in [0, 0.1) is 11.3 Å². The lowest BCUT2D eigenvalue weighted by Gasteiger charge is -2.31. The zero-order valence-electron chi connectivity index (χ0n) is 8.37. The minimum absolute atomic E-state index is 0.363. The molecule has 0 aliphatic carbocycles. The van der Waals surface area contributed by atoms with Gasteiger partial charge in [0.2, 0.25) is 0 Å². The Morgan fingerprint density at radius 2 is 1.93 bits per heavy atom. The molecule has 0 saturated carbocycles. The maximum Gasteiger partial charge on any atom is 0.0876 e. The predicted molar refractivity (Wildman–Crippen MR) is 61.5 cm³/mol. The van der Waals surface area contributed by atoms with E-state index >= 15 is 0 Å². The van der Waals surface area contributed by atoms with Crippen LogP contribution in [0.15, 0.2) is 28.7 Å². The van der Waals surface area contributed by atoms with Gasteiger partial charge in [-0.2, -0.15) is 5.26 Å². The fourth-order valence-electron chi connectivity index (χ4n) is 2.01. The third-order valence-electron chi connectivity index (χ3n) is 2.95. The van der Waals surface area contributed by atoms with Gasteiger partial charge in [-0.1, -0.05) is 34.1 Å². The molecule has 0 amide bonds. The summed E-state index contributed by atoms with van der Waals surface area (Å²) in [5, 5.41) is 9.39. The van der Waals surface area contributed by atoms with E-state index in [1.807, 2.05) is 24.3 Å². The van der Waals surface area contributed by atoms with Crippen molar-refractivity contribution in [2.75, 3.05) is 13.2 Å². The Bertz CT molecular complexity index is 391. The first-order chi connectivity index (χ1) is 7.28. The Morgan fingerprint density at radius 1 is 1.27 bits per heavy atom. The lowest BCUT2D eigenvalue weighted by atomic mass is 9.75. The number of benzene rings is 1. The average Bonchev–Trinajstić information content (AvgIpc) is 2.30. The van der Waals surface area contributed by atoms with Gasteiger partial charge in [0.05, 0.1) is 11.5 Å². The molecule has 1 saturated heterocycles. The van der Waals surface area contributed by atoms with Crippen LogP contribution < -0.4 is 0 Å². The lowest BCUT2D eigenvalue weighted by Crippen LogP contribution is -2.32. The van der Waals surface area contributed by atoms with Crippen molar-refractivity contribution in [3.63, 3.8) is 0 Å². The monoisotopic (exact) mass is 265 g/mol. The Balaban J connectivity index is 2.42. The number of halogens is 1. The molecule has 0 N–H and O–H groups in total. The first-order valence-electron chi connectivity index (χ1n) is 5.02. The summed E-state index contributed by atoms with van der Waals surface area (Å²) in [6, 6.07) is 10.4. The summed E-state index contributed by atoms with van der Waals surface area (Å²) in [7, 11) is 0. The molecule has 0 radical (unpaired) electrons. The van der Waals surface area contributed by atoms with Gasteiger partial charge in [0.1, 0.15) is 0 Å².